The number of nitrogens with one attached hydrogen (secondary N) is 2. The first-order valence-electron chi connectivity index (χ1n) is 9.39. The Hall–Kier alpha value is -1.62. The van der Waals surface area contributed by atoms with E-state index in [0.29, 0.717) is 24.8 Å². The van der Waals surface area contributed by atoms with E-state index in [4.69, 9.17) is 0 Å². The second kappa shape index (κ2) is 8.47. The van der Waals surface area contributed by atoms with Crippen molar-refractivity contribution in [3.05, 3.63) is 23.9 Å². The fraction of sp³-hybridized carbons (Fsp3) is 0.684. The van der Waals surface area contributed by atoms with Crippen LogP contribution in [0.25, 0.3) is 0 Å². The Balaban J connectivity index is 1.46. The minimum Gasteiger partial charge on any atom is -0.357 e. The van der Waals surface area contributed by atoms with Crippen LogP contribution >= 0.6 is 0 Å². The van der Waals surface area contributed by atoms with E-state index < -0.39 is 0 Å². The Labute approximate surface area is 145 Å². The molecule has 24 heavy (non-hydrogen) atoms. The molecular formula is C19H30N4O. The van der Waals surface area contributed by atoms with E-state index in [1.165, 1.54) is 25.7 Å². The van der Waals surface area contributed by atoms with Gasteiger partial charge in [0.2, 0.25) is 5.91 Å². The van der Waals surface area contributed by atoms with Gasteiger partial charge in [-0.2, -0.15) is 0 Å². The first-order chi connectivity index (χ1) is 11.7. The van der Waals surface area contributed by atoms with Gasteiger partial charge in [-0.1, -0.05) is 6.92 Å². The molecule has 1 aromatic heterocycles. The molecule has 0 aliphatic carbocycles. The summed E-state index contributed by atoms with van der Waals surface area (Å²) in [6.07, 6.45) is 7.44. The van der Waals surface area contributed by atoms with Gasteiger partial charge in [-0.15, -0.1) is 0 Å². The molecule has 3 rings (SSSR count). The maximum absolute atomic E-state index is 12.3. The molecule has 5 heteroatoms. The molecule has 0 aromatic carbocycles. The number of carbonyl (C=O) groups excluding carboxylic acids is 1. The van der Waals surface area contributed by atoms with Crippen LogP contribution in [0.3, 0.4) is 0 Å². The maximum Gasteiger partial charge on any atom is 0.220 e. The van der Waals surface area contributed by atoms with Crippen molar-refractivity contribution in [3.63, 3.8) is 0 Å². The molecule has 3 heterocycles. The zero-order valence-electron chi connectivity index (χ0n) is 14.8. The standard InChI is InChI=1S/C19H30N4O/c1-15(17-5-4-7-20-14-17)11-19(24)22-13-16-6-8-21-18(12-16)23-9-2-3-10-23/h6,8,12,15,17,20H,2-5,7,9-11,13-14H2,1H3,(H,22,24). The van der Waals surface area contributed by atoms with Crippen LogP contribution in [0.1, 0.15) is 44.6 Å². The van der Waals surface area contributed by atoms with Crippen molar-refractivity contribution in [1.29, 1.82) is 0 Å². The van der Waals surface area contributed by atoms with Crippen molar-refractivity contribution in [2.45, 2.75) is 45.6 Å². The summed E-state index contributed by atoms with van der Waals surface area (Å²) in [6.45, 7) is 7.16. The lowest BCUT2D eigenvalue weighted by molar-refractivity contribution is -0.122. The Kier molecular flexibility index (Phi) is 6.07. The summed E-state index contributed by atoms with van der Waals surface area (Å²) in [6, 6.07) is 4.11. The average Bonchev–Trinajstić information content (AvgIpc) is 3.16. The van der Waals surface area contributed by atoms with Gasteiger partial charge < -0.3 is 15.5 Å². The quantitative estimate of drug-likeness (QED) is 0.840. The minimum atomic E-state index is 0.160. The van der Waals surface area contributed by atoms with Crippen LogP contribution in [-0.2, 0) is 11.3 Å². The van der Waals surface area contributed by atoms with Gasteiger partial charge in [0.15, 0.2) is 0 Å². The van der Waals surface area contributed by atoms with E-state index in [0.717, 1.165) is 37.6 Å². The summed E-state index contributed by atoms with van der Waals surface area (Å²) in [5.74, 6) is 2.27. The number of hydrogen-bond acceptors (Lipinski definition) is 4. The summed E-state index contributed by atoms with van der Waals surface area (Å²) in [5, 5.41) is 6.52. The predicted octanol–water partition coefficient (Wildman–Crippen LogP) is 2.32. The molecule has 2 aliphatic heterocycles. The van der Waals surface area contributed by atoms with E-state index in [1.54, 1.807) is 0 Å². The van der Waals surface area contributed by atoms with E-state index >= 15 is 0 Å². The summed E-state index contributed by atoms with van der Waals surface area (Å²) in [5.41, 5.74) is 1.13. The van der Waals surface area contributed by atoms with Gasteiger partial charge in [0.25, 0.3) is 0 Å². The number of hydrogen-bond donors (Lipinski definition) is 2. The van der Waals surface area contributed by atoms with Gasteiger partial charge in [0, 0.05) is 32.3 Å². The normalized spacial score (nSPS) is 22.4. The lowest BCUT2D eigenvalue weighted by Crippen LogP contribution is -2.35. The van der Waals surface area contributed by atoms with Gasteiger partial charge in [-0.3, -0.25) is 4.79 Å². The second-order valence-electron chi connectivity index (χ2n) is 7.28. The highest BCUT2D eigenvalue weighted by atomic mass is 16.1. The van der Waals surface area contributed by atoms with E-state index in [9.17, 15) is 4.79 Å². The molecule has 5 nitrogen and oxygen atoms in total. The van der Waals surface area contributed by atoms with Gasteiger partial charge in [0.05, 0.1) is 0 Å². The highest BCUT2D eigenvalue weighted by Crippen LogP contribution is 2.22. The first kappa shape index (κ1) is 17.2. The monoisotopic (exact) mass is 330 g/mol. The number of nitrogens with zero attached hydrogens (tertiary/aromatic N) is 2. The van der Waals surface area contributed by atoms with Gasteiger partial charge in [0.1, 0.15) is 5.82 Å². The van der Waals surface area contributed by atoms with Gasteiger partial charge >= 0.3 is 0 Å². The Morgan fingerprint density at radius 2 is 2.25 bits per heavy atom. The molecule has 0 bridgehead atoms. The molecule has 1 amide bonds. The maximum atomic E-state index is 12.3. The van der Waals surface area contributed by atoms with Crippen LogP contribution in [0.2, 0.25) is 0 Å². The third kappa shape index (κ3) is 4.69. The Morgan fingerprint density at radius 1 is 1.42 bits per heavy atom. The number of pyridine rings is 1. The van der Waals surface area contributed by atoms with Crippen molar-refractivity contribution in [2.24, 2.45) is 11.8 Å². The highest BCUT2D eigenvalue weighted by Gasteiger charge is 2.22. The largest absolute Gasteiger partial charge is 0.357 e. The number of anilines is 1. The zero-order chi connectivity index (χ0) is 16.8. The molecule has 2 unspecified atom stereocenters. The fourth-order valence-corrected chi connectivity index (χ4v) is 3.79. The predicted molar refractivity (Wildman–Crippen MR) is 96.9 cm³/mol. The topological polar surface area (TPSA) is 57.3 Å². The SMILES string of the molecule is CC(CC(=O)NCc1ccnc(N2CCCC2)c1)C1CCCNC1. The molecular weight excluding hydrogens is 300 g/mol. The van der Waals surface area contributed by atoms with Crippen molar-refractivity contribution in [3.8, 4) is 0 Å². The summed E-state index contributed by atoms with van der Waals surface area (Å²) >= 11 is 0. The lowest BCUT2D eigenvalue weighted by atomic mass is 9.85. The molecule has 1 aromatic rings. The summed E-state index contributed by atoms with van der Waals surface area (Å²) < 4.78 is 0. The van der Waals surface area contributed by atoms with Crippen molar-refractivity contribution < 1.29 is 4.79 Å². The van der Waals surface area contributed by atoms with Crippen LogP contribution in [-0.4, -0.2) is 37.1 Å². The van der Waals surface area contributed by atoms with E-state index in [1.807, 2.05) is 12.3 Å². The zero-order valence-corrected chi connectivity index (χ0v) is 14.8. The van der Waals surface area contributed by atoms with Crippen LogP contribution in [0.5, 0.6) is 0 Å². The molecule has 2 aliphatic rings. The third-order valence-electron chi connectivity index (χ3n) is 5.38. The van der Waals surface area contributed by atoms with Crippen LogP contribution in [0.4, 0.5) is 5.82 Å². The Bertz CT molecular complexity index is 536. The van der Waals surface area contributed by atoms with E-state index in [2.05, 4.69) is 33.5 Å². The van der Waals surface area contributed by atoms with E-state index in [-0.39, 0.29) is 5.91 Å². The van der Waals surface area contributed by atoms with Crippen molar-refractivity contribution >= 4 is 11.7 Å². The number of rotatable bonds is 6. The number of amides is 1. The number of aromatic nitrogens is 1. The smallest absolute Gasteiger partial charge is 0.220 e. The molecule has 0 radical (unpaired) electrons. The first-order valence-corrected chi connectivity index (χ1v) is 9.39. The molecule has 2 fully saturated rings. The molecule has 2 saturated heterocycles. The molecule has 132 valence electrons. The number of carbonyl (C=O) groups is 1. The van der Waals surface area contributed by atoms with Crippen LogP contribution < -0.4 is 15.5 Å². The van der Waals surface area contributed by atoms with Crippen LogP contribution in [0.15, 0.2) is 18.3 Å². The molecule has 2 N–H and O–H groups in total. The van der Waals surface area contributed by atoms with Crippen molar-refractivity contribution in [2.75, 3.05) is 31.1 Å². The highest BCUT2D eigenvalue weighted by molar-refractivity contribution is 5.76. The minimum absolute atomic E-state index is 0.160. The van der Waals surface area contributed by atoms with Gasteiger partial charge in [-0.25, -0.2) is 4.98 Å². The second-order valence-corrected chi connectivity index (χ2v) is 7.28. The van der Waals surface area contributed by atoms with Crippen LogP contribution in [0, 0.1) is 11.8 Å². The molecule has 0 spiro atoms. The Morgan fingerprint density at radius 3 is 3.00 bits per heavy atom. The van der Waals surface area contributed by atoms with Crippen molar-refractivity contribution in [1.82, 2.24) is 15.6 Å². The molecule has 2 atom stereocenters. The third-order valence-corrected chi connectivity index (χ3v) is 5.38. The molecule has 0 saturated carbocycles. The summed E-state index contributed by atoms with van der Waals surface area (Å²) in [7, 11) is 0. The van der Waals surface area contributed by atoms with Gasteiger partial charge in [-0.05, 0) is 68.3 Å². The summed E-state index contributed by atoms with van der Waals surface area (Å²) in [4.78, 5) is 19.0. The average molecular weight is 330 g/mol. The fourth-order valence-electron chi connectivity index (χ4n) is 3.79. The number of piperidine rings is 1. The lowest BCUT2D eigenvalue weighted by Gasteiger charge is -2.28.